The molecule has 0 aliphatic carbocycles. The first-order chi connectivity index (χ1) is 9.31. The number of benzene rings is 1. The van der Waals surface area contributed by atoms with Crippen molar-refractivity contribution in [3.8, 4) is 0 Å². The molecule has 104 valence electrons. The SMILES string of the molecule is C=C/C=C(\C=C)C[C@@H](NCC)c1ccccc1.CC. The molecule has 0 aliphatic rings. The number of nitrogens with one attached hydrogen (secondary N) is 1. The Labute approximate surface area is 118 Å². The van der Waals surface area contributed by atoms with Gasteiger partial charge in [-0.05, 0) is 24.1 Å². The van der Waals surface area contributed by atoms with Gasteiger partial charge in [-0.2, -0.15) is 0 Å². The minimum absolute atomic E-state index is 0.338. The largest absolute Gasteiger partial charge is 0.310 e. The zero-order valence-corrected chi connectivity index (χ0v) is 12.5. The maximum Gasteiger partial charge on any atom is 0.0360 e. The van der Waals surface area contributed by atoms with Crippen molar-refractivity contribution in [3.63, 3.8) is 0 Å². The summed E-state index contributed by atoms with van der Waals surface area (Å²) in [6, 6.07) is 10.8. The average molecular weight is 257 g/mol. The van der Waals surface area contributed by atoms with Crippen molar-refractivity contribution >= 4 is 0 Å². The van der Waals surface area contributed by atoms with Crippen molar-refractivity contribution in [2.24, 2.45) is 0 Å². The van der Waals surface area contributed by atoms with Crippen LogP contribution < -0.4 is 5.32 Å². The zero-order valence-electron chi connectivity index (χ0n) is 12.5. The van der Waals surface area contributed by atoms with Gasteiger partial charge in [-0.3, -0.25) is 0 Å². The summed E-state index contributed by atoms with van der Waals surface area (Å²) in [5.74, 6) is 0. The van der Waals surface area contributed by atoms with E-state index in [2.05, 4.69) is 49.7 Å². The highest BCUT2D eigenvalue weighted by atomic mass is 14.9. The van der Waals surface area contributed by atoms with Crippen LogP contribution in [-0.2, 0) is 0 Å². The van der Waals surface area contributed by atoms with Gasteiger partial charge < -0.3 is 5.32 Å². The van der Waals surface area contributed by atoms with Crippen molar-refractivity contribution < 1.29 is 0 Å². The smallest absolute Gasteiger partial charge is 0.0360 e. The molecule has 0 amide bonds. The third kappa shape index (κ3) is 6.78. The van der Waals surface area contributed by atoms with Gasteiger partial charge in [0.25, 0.3) is 0 Å². The van der Waals surface area contributed by atoms with Gasteiger partial charge in [0.05, 0.1) is 0 Å². The van der Waals surface area contributed by atoms with Crippen LogP contribution in [0.15, 0.2) is 67.3 Å². The Hall–Kier alpha value is -1.60. The van der Waals surface area contributed by atoms with Crippen LogP contribution in [0.4, 0.5) is 0 Å². The second kappa shape index (κ2) is 11.5. The van der Waals surface area contributed by atoms with Crippen LogP contribution in [0.25, 0.3) is 0 Å². The van der Waals surface area contributed by atoms with Crippen molar-refractivity contribution in [2.75, 3.05) is 6.54 Å². The Balaban J connectivity index is 0.00000154. The van der Waals surface area contributed by atoms with Crippen LogP contribution in [0, 0.1) is 0 Å². The summed E-state index contributed by atoms with van der Waals surface area (Å²) < 4.78 is 0. The highest BCUT2D eigenvalue weighted by molar-refractivity contribution is 5.26. The molecule has 1 nitrogen and oxygen atoms in total. The van der Waals surface area contributed by atoms with Crippen molar-refractivity contribution in [3.05, 3.63) is 72.9 Å². The maximum atomic E-state index is 3.84. The van der Waals surface area contributed by atoms with E-state index in [9.17, 15) is 0 Å². The molecule has 1 N–H and O–H groups in total. The Morgan fingerprint density at radius 3 is 2.32 bits per heavy atom. The van der Waals surface area contributed by atoms with Gasteiger partial charge in [0.2, 0.25) is 0 Å². The molecule has 0 radical (unpaired) electrons. The molecular formula is C18H27N. The molecule has 1 aromatic carbocycles. The minimum Gasteiger partial charge on any atom is -0.310 e. The minimum atomic E-state index is 0.338. The summed E-state index contributed by atoms with van der Waals surface area (Å²) in [7, 11) is 0. The summed E-state index contributed by atoms with van der Waals surface area (Å²) in [5, 5.41) is 3.50. The standard InChI is InChI=1S/C16H21N.C2H6/c1-4-10-14(5-2)13-16(17-6-3)15-11-8-7-9-12-15;1-2/h4-5,7-12,16-17H,1-2,6,13H2,3H3;1-2H3/b14-10+;/t16-;/m1./s1. The van der Waals surface area contributed by atoms with E-state index in [0.29, 0.717) is 6.04 Å². The monoisotopic (exact) mass is 257 g/mol. The molecule has 0 aromatic heterocycles. The van der Waals surface area contributed by atoms with E-state index >= 15 is 0 Å². The normalized spacial score (nSPS) is 12.1. The molecule has 0 bridgehead atoms. The van der Waals surface area contributed by atoms with Crippen LogP contribution in [0.1, 0.15) is 38.8 Å². The van der Waals surface area contributed by atoms with E-state index in [1.54, 1.807) is 0 Å². The Kier molecular flexibility index (Phi) is 10.5. The van der Waals surface area contributed by atoms with Crippen molar-refractivity contribution in [1.82, 2.24) is 5.32 Å². The van der Waals surface area contributed by atoms with Crippen LogP contribution in [0.2, 0.25) is 0 Å². The molecule has 0 spiro atoms. The first-order valence-corrected chi connectivity index (χ1v) is 7.04. The summed E-state index contributed by atoms with van der Waals surface area (Å²) in [5.41, 5.74) is 2.51. The van der Waals surface area contributed by atoms with Crippen LogP contribution >= 0.6 is 0 Å². The van der Waals surface area contributed by atoms with E-state index < -0.39 is 0 Å². The fourth-order valence-corrected chi connectivity index (χ4v) is 1.85. The lowest BCUT2D eigenvalue weighted by atomic mass is 9.98. The third-order valence-corrected chi connectivity index (χ3v) is 2.69. The van der Waals surface area contributed by atoms with Gasteiger partial charge in [-0.25, -0.2) is 0 Å². The summed E-state index contributed by atoms with van der Waals surface area (Å²) >= 11 is 0. The first-order valence-electron chi connectivity index (χ1n) is 7.04. The molecular weight excluding hydrogens is 230 g/mol. The van der Waals surface area contributed by atoms with Crippen LogP contribution in [0.5, 0.6) is 0 Å². The van der Waals surface area contributed by atoms with E-state index in [4.69, 9.17) is 0 Å². The molecule has 1 rings (SSSR count). The van der Waals surface area contributed by atoms with Gasteiger partial charge in [-0.1, -0.05) is 82.5 Å². The van der Waals surface area contributed by atoms with Gasteiger partial charge in [0.15, 0.2) is 0 Å². The Morgan fingerprint density at radius 1 is 1.21 bits per heavy atom. The second-order valence-corrected chi connectivity index (χ2v) is 3.91. The fourth-order valence-electron chi connectivity index (χ4n) is 1.85. The second-order valence-electron chi connectivity index (χ2n) is 3.91. The van der Waals surface area contributed by atoms with Crippen molar-refractivity contribution in [1.29, 1.82) is 0 Å². The quantitative estimate of drug-likeness (QED) is 0.674. The Morgan fingerprint density at radius 2 is 1.84 bits per heavy atom. The highest BCUT2D eigenvalue weighted by Gasteiger charge is 2.10. The molecule has 0 fully saturated rings. The maximum absolute atomic E-state index is 3.84. The lowest BCUT2D eigenvalue weighted by molar-refractivity contribution is 0.551. The van der Waals surface area contributed by atoms with E-state index in [1.165, 1.54) is 11.1 Å². The van der Waals surface area contributed by atoms with E-state index in [-0.39, 0.29) is 0 Å². The summed E-state index contributed by atoms with van der Waals surface area (Å²) in [6.07, 6.45) is 6.66. The lowest BCUT2D eigenvalue weighted by Gasteiger charge is -2.18. The number of hydrogen-bond acceptors (Lipinski definition) is 1. The lowest BCUT2D eigenvalue weighted by Crippen LogP contribution is -2.21. The molecule has 0 aliphatic heterocycles. The first kappa shape index (κ1) is 17.4. The highest BCUT2D eigenvalue weighted by Crippen LogP contribution is 2.21. The topological polar surface area (TPSA) is 12.0 Å². The van der Waals surface area contributed by atoms with Gasteiger partial charge >= 0.3 is 0 Å². The molecule has 0 saturated carbocycles. The summed E-state index contributed by atoms with van der Waals surface area (Å²) in [4.78, 5) is 0. The van der Waals surface area contributed by atoms with Crippen LogP contribution in [0.3, 0.4) is 0 Å². The average Bonchev–Trinajstić information content (AvgIpc) is 2.49. The molecule has 0 heterocycles. The third-order valence-electron chi connectivity index (χ3n) is 2.69. The molecule has 19 heavy (non-hydrogen) atoms. The van der Waals surface area contributed by atoms with Crippen molar-refractivity contribution in [2.45, 2.75) is 33.2 Å². The van der Waals surface area contributed by atoms with Gasteiger partial charge in [0.1, 0.15) is 0 Å². The van der Waals surface area contributed by atoms with Gasteiger partial charge in [-0.15, -0.1) is 0 Å². The Bertz CT molecular complexity index is 376. The van der Waals surface area contributed by atoms with E-state index in [1.807, 2.05) is 38.1 Å². The summed E-state index contributed by atoms with van der Waals surface area (Å²) in [6.45, 7) is 14.7. The fraction of sp³-hybridized carbons (Fsp3) is 0.333. The number of rotatable bonds is 7. The van der Waals surface area contributed by atoms with Gasteiger partial charge in [0, 0.05) is 6.04 Å². The van der Waals surface area contributed by atoms with E-state index in [0.717, 1.165) is 13.0 Å². The number of hydrogen-bond donors (Lipinski definition) is 1. The number of allylic oxidation sites excluding steroid dienone is 3. The predicted molar refractivity (Wildman–Crippen MR) is 87.3 cm³/mol. The molecule has 0 unspecified atom stereocenters. The molecule has 1 aromatic rings. The molecule has 1 atom stereocenters. The predicted octanol–water partition coefficient (Wildman–Crippen LogP) is 5.05. The molecule has 0 saturated heterocycles. The molecule has 1 heteroatoms. The zero-order chi connectivity index (χ0) is 14.5. The van der Waals surface area contributed by atoms with Crippen LogP contribution in [-0.4, -0.2) is 6.54 Å².